The summed E-state index contributed by atoms with van der Waals surface area (Å²) in [6, 6.07) is 6.46. The fraction of sp³-hybridized carbons (Fsp3) is 0.462. The third-order valence-electron chi connectivity index (χ3n) is 2.84. The number of nitrogens with two attached hydrogens (primary N) is 1. The maximum absolute atomic E-state index is 5.63. The largest absolute Gasteiger partial charge is 0.496 e. The zero-order chi connectivity index (χ0) is 13.0. The van der Waals surface area contributed by atoms with Gasteiger partial charge in [0.2, 0.25) is 0 Å². The molecule has 1 rings (SSSR count). The van der Waals surface area contributed by atoms with Crippen molar-refractivity contribution in [2.75, 3.05) is 14.2 Å². The first-order valence-corrected chi connectivity index (χ1v) is 6.03. The molecule has 4 heteroatoms. The van der Waals surface area contributed by atoms with Crippen LogP contribution < -0.4 is 10.5 Å². The molecule has 94 valence electrons. The highest BCUT2D eigenvalue weighted by Crippen LogP contribution is 2.21. The van der Waals surface area contributed by atoms with Gasteiger partial charge in [-0.05, 0) is 38.6 Å². The molecule has 0 saturated carbocycles. The molecule has 0 aliphatic carbocycles. The van der Waals surface area contributed by atoms with Gasteiger partial charge in [-0.1, -0.05) is 18.3 Å². The number of nitrogens with zero attached hydrogens (tertiary/aromatic N) is 1. The van der Waals surface area contributed by atoms with Gasteiger partial charge in [-0.15, -0.1) is 0 Å². The van der Waals surface area contributed by atoms with Crippen LogP contribution in [0.3, 0.4) is 0 Å². The normalized spacial score (nSPS) is 10.9. The van der Waals surface area contributed by atoms with Crippen LogP contribution in [0.1, 0.15) is 25.0 Å². The third kappa shape index (κ3) is 3.68. The van der Waals surface area contributed by atoms with Gasteiger partial charge in [-0.2, -0.15) is 0 Å². The lowest BCUT2D eigenvalue weighted by Crippen LogP contribution is -2.25. The van der Waals surface area contributed by atoms with Gasteiger partial charge in [0.1, 0.15) is 10.7 Å². The summed E-state index contributed by atoms with van der Waals surface area (Å²) < 4.78 is 5.30. The second kappa shape index (κ2) is 5.98. The molecule has 0 atom stereocenters. The predicted octanol–water partition coefficient (Wildman–Crippen LogP) is 2.17. The molecule has 0 bridgehead atoms. The molecule has 2 N–H and O–H groups in total. The van der Waals surface area contributed by atoms with Gasteiger partial charge in [0, 0.05) is 12.6 Å². The Balaban J connectivity index is 2.94. The average molecular weight is 252 g/mol. The Morgan fingerprint density at radius 1 is 1.47 bits per heavy atom. The lowest BCUT2D eigenvalue weighted by atomic mass is 10.1. The van der Waals surface area contributed by atoms with Crippen molar-refractivity contribution in [2.24, 2.45) is 5.73 Å². The molecule has 0 aliphatic rings. The van der Waals surface area contributed by atoms with Crippen LogP contribution in [0, 0.1) is 0 Å². The maximum Gasteiger partial charge on any atom is 0.129 e. The number of hydrogen-bond donors (Lipinski definition) is 1. The molecular weight excluding hydrogens is 232 g/mol. The number of rotatable bonds is 5. The second-order valence-corrected chi connectivity index (χ2v) is 4.85. The van der Waals surface area contributed by atoms with Crippen LogP contribution in [0.15, 0.2) is 18.2 Å². The number of thiocarbonyl (C=S) groups is 1. The summed E-state index contributed by atoms with van der Waals surface area (Å²) >= 11 is 4.98. The highest BCUT2D eigenvalue weighted by atomic mass is 32.1. The van der Waals surface area contributed by atoms with Crippen LogP contribution >= 0.6 is 12.2 Å². The van der Waals surface area contributed by atoms with Crippen molar-refractivity contribution >= 4 is 17.2 Å². The zero-order valence-corrected chi connectivity index (χ0v) is 11.7. The first-order chi connectivity index (χ1) is 7.95. The molecule has 0 amide bonds. The number of benzene rings is 1. The van der Waals surface area contributed by atoms with E-state index in [4.69, 9.17) is 22.7 Å². The minimum Gasteiger partial charge on any atom is -0.496 e. The van der Waals surface area contributed by atoms with Crippen LogP contribution in [-0.2, 0) is 6.54 Å². The SMILES string of the molecule is COc1cc(CN(C)C(C)C)ccc1C(N)=S. The van der Waals surface area contributed by atoms with Gasteiger partial charge in [-0.3, -0.25) is 4.90 Å². The highest BCUT2D eigenvalue weighted by Gasteiger charge is 2.09. The monoisotopic (exact) mass is 252 g/mol. The quantitative estimate of drug-likeness (QED) is 0.815. The van der Waals surface area contributed by atoms with E-state index >= 15 is 0 Å². The minimum atomic E-state index is 0.366. The van der Waals surface area contributed by atoms with Crippen molar-refractivity contribution in [3.8, 4) is 5.75 Å². The molecule has 0 unspecified atom stereocenters. The smallest absolute Gasteiger partial charge is 0.129 e. The van der Waals surface area contributed by atoms with Gasteiger partial charge in [-0.25, -0.2) is 0 Å². The molecule has 0 saturated heterocycles. The molecule has 0 aromatic heterocycles. The Bertz CT molecular complexity index is 404. The van der Waals surface area contributed by atoms with Crippen molar-refractivity contribution in [3.63, 3.8) is 0 Å². The summed E-state index contributed by atoms with van der Waals surface area (Å²) in [4.78, 5) is 2.63. The van der Waals surface area contributed by atoms with E-state index in [1.165, 1.54) is 5.56 Å². The van der Waals surface area contributed by atoms with Gasteiger partial charge < -0.3 is 10.5 Å². The van der Waals surface area contributed by atoms with Crippen LogP contribution in [-0.4, -0.2) is 30.1 Å². The number of ether oxygens (including phenoxy) is 1. The molecule has 0 spiro atoms. The van der Waals surface area contributed by atoms with E-state index < -0.39 is 0 Å². The van der Waals surface area contributed by atoms with E-state index in [-0.39, 0.29) is 0 Å². The minimum absolute atomic E-state index is 0.366. The number of hydrogen-bond acceptors (Lipinski definition) is 3. The van der Waals surface area contributed by atoms with E-state index in [1.807, 2.05) is 18.2 Å². The van der Waals surface area contributed by atoms with Crippen LogP contribution in [0.2, 0.25) is 0 Å². The van der Waals surface area contributed by atoms with Crippen molar-refractivity contribution in [3.05, 3.63) is 29.3 Å². The summed E-state index contributed by atoms with van der Waals surface area (Å²) in [6.45, 7) is 5.22. The lowest BCUT2D eigenvalue weighted by molar-refractivity contribution is 0.265. The molecule has 0 radical (unpaired) electrons. The second-order valence-electron chi connectivity index (χ2n) is 4.41. The zero-order valence-electron chi connectivity index (χ0n) is 10.9. The van der Waals surface area contributed by atoms with E-state index in [0.29, 0.717) is 11.0 Å². The molecule has 17 heavy (non-hydrogen) atoms. The van der Waals surface area contributed by atoms with E-state index in [1.54, 1.807) is 7.11 Å². The molecule has 1 aromatic carbocycles. The third-order valence-corrected chi connectivity index (χ3v) is 3.06. The Labute approximate surface area is 109 Å². The van der Waals surface area contributed by atoms with Crippen LogP contribution in [0.4, 0.5) is 0 Å². The summed E-state index contributed by atoms with van der Waals surface area (Å²) in [6.07, 6.45) is 0. The average Bonchev–Trinajstić information content (AvgIpc) is 2.28. The molecule has 0 fully saturated rings. The summed E-state index contributed by atoms with van der Waals surface area (Å²) in [5, 5.41) is 0. The fourth-order valence-electron chi connectivity index (χ4n) is 1.51. The van der Waals surface area contributed by atoms with Crippen molar-refractivity contribution < 1.29 is 4.74 Å². The lowest BCUT2D eigenvalue weighted by Gasteiger charge is -2.21. The van der Waals surface area contributed by atoms with E-state index in [0.717, 1.165) is 17.9 Å². The van der Waals surface area contributed by atoms with Gasteiger partial charge >= 0.3 is 0 Å². The van der Waals surface area contributed by atoms with E-state index in [2.05, 4.69) is 25.8 Å². The Kier molecular flexibility index (Phi) is 4.90. The summed E-state index contributed by atoms with van der Waals surface area (Å²) in [5.41, 5.74) is 7.61. The topological polar surface area (TPSA) is 38.5 Å². The Morgan fingerprint density at radius 3 is 2.59 bits per heavy atom. The molecular formula is C13H20N2OS. The van der Waals surface area contributed by atoms with Crippen molar-refractivity contribution in [1.82, 2.24) is 4.90 Å². The Morgan fingerprint density at radius 2 is 2.12 bits per heavy atom. The predicted molar refractivity (Wildman–Crippen MR) is 75.5 cm³/mol. The fourth-order valence-corrected chi connectivity index (χ4v) is 1.68. The highest BCUT2D eigenvalue weighted by molar-refractivity contribution is 7.80. The first-order valence-electron chi connectivity index (χ1n) is 5.62. The maximum atomic E-state index is 5.63. The standard InChI is InChI=1S/C13H20N2OS/c1-9(2)15(3)8-10-5-6-11(13(14)17)12(7-10)16-4/h5-7,9H,8H2,1-4H3,(H2,14,17). The van der Waals surface area contributed by atoms with Gasteiger partial charge in [0.15, 0.2) is 0 Å². The van der Waals surface area contributed by atoms with Crippen molar-refractivity contribution in [2.45, 2.75) is 26.4 Å². The first kappa shape index (κ1) is 13.9. The molecule has 3 nitrogen and oxygen atoms in total. The number of methoxy groups -OCH3 is 1. The van der Waals surface area contributed by atoms with Crippen LogP contribution in [0.25, 0.3) is 0 Å². The Hall–Kier alpha value is -1.13. The van der Waals surface area contributed by atoms with E-state index in [9.17, 15) is 0 Å². The van der Waals surface area contributed by atoms with Crippen LogP contribution in [0.5, 0.6) is 5.75 Å². The summed E-state index contributed by atoms with van der Waals surface area (Å²) in [7, 11) is 3.73. The molecule has 0 heterocycles. The van der Waals surface area contributed by atoms with Gasteiger partial charge in [0.05, 0.1) is 12.7 Å². The van der Waals surface area contributed by atoms with Gasteiger partial charge in [0.25, 0.3) is 0 Å². The summed E-state index contributed by atoms with van der Waals surface area (Å²) in [5.74, 6) is 0.743. The molecule has 1 aromatic rings. The van der Waals surface area contributed by atoms with Crippen molar-refractivity contribution in [1.29, 1.82) is 0 Å². The molecule has 0 aliphatic heterocycles.